The molecule has 2 aliphatic rings. The molecule has 1 N–H and O–H groups in total. The third-order valence-corrected chi connectivity index (χ3v) is 2.71. The average Bonchev–Trinajstić information content (AvgIpc) is 2.27. The molecule has 1 saturated carbocycles. The van der Waals surface area contributed by atoms with E-state index in [1.54, 1.807) is 0 Å². The number of rotatable bonds is 0. The van der Waals surface area contributed by atoms with Crippen LogP contribution < -0.4 is 5.32 Å². The lowest BCUT2D eigenvalue weighted by Gasteiger charge is -2.26. The Morgan fingerprint density at radius 3 is 3.09 bits per heavy atom. The lowest BCUT2D eigenvalue weighted by Crippen LogP contribution is -2.34. The van der Waals surface area contributed by atoms with E-state index in [4.69, 9.17) is 0 Å². The number of amides is 1. The van der Waals surface area contributed by atoms with E-state index in [0.717, 1.165) is 6.42 Å². The van der Waals surface area contributed by atoms with Crippen molar-refractivity contribution in [3.8, 4) is 0 Å². The average molecular weight is 157 g/mol. The third kappa shape index (κ3) is 1.24. The molecule has 0 spiro atoms. The Hall–Kier alpha value is -0.600. The molecule has 11 heavy (non-hydrogen) atoms. The summed E-state index contributed by atoms with van der Waals surface area (Å²) in [6.45, 7) is 0. The van der Waals surface area contributed by atoms with Crippen LogP contribution in [-0.2, 0) is 4.79 Å². The summed E-state index contributed by atoms with van der Waals surface area (Å²) < 4.78 is 12.8. The van der Waals surface area contributed by atoms with Crippen molar-refractivity contribution in [1.29, 1.82) is 0 Å². The first-order valence-corrected chi connectivity index (χ1v) is 4.19. The lowest BCUT2D eigenvalue weighted by molar-refractivity contribution is -0.119. The highest BCUT2D eigenvalue weighted by Gasteiger charge is 2.37. The maximum Gasteiger partial charge on any atom is 0.220 e. The van der Waals surface area contributed by atoms with Crippen LogP contribution >= 0.6 is 0 Å². The highest BCUT2D eigenvalue weighted by atomic mass is 19.1. The van der Waals surface area contributed by atoms with Gasteiger partial charge in [-0.15, -0.1) is 0 Å². The molecular weight excluding hydrogens is 145 g/mol. The molecule has 1 saturated heterocycles. The second-order valence-electron chi connectivity index (χ2n) is 3.55. The largest absolute Gasteiger partial charge is 0.353 e. The van der Waals surface area contributed by atoms with Crippen LogP contribution in [-0.4, -0.2) is 18.1 Å². The molecule has 3 unspecified atom stereocenters. The van der Waals surface area contributed by atoms with Crippen LogP contribution in [0.1, 0.15) is 25.7 Å². The molecule has 2 fully saturated rings. The van der Waals surface area contributed by atoms with E-state index in [2.05, 4.69) is 5.32 Å². The van der Waals surface area contributed by atoms with E-state index in [-0.39, 0.29) is 17.9 Å². The van der Waals surface area contributed by atoms with Crippen LogP contribution in [0.15, 0.2) is 0 Å². The monoisotopic (exact) mass is 157 g/mol. The Morgan fingerprint density at radius 1 is 1.45 bits per heavy atom. The van der Waals surface area contributed by atoms with Crippen LogP contribution in [0.2, 0.25) is 0 Å². The summed E-state index contributed by atoms with van der Waals surface area (Å²) >= 11 is 0. The van der Waals surface area contributed by atoms with Crippen molar-refractivity contribution in [3.05, 3.63) is 0 Å². The summed E-state index contributed by atoms with van der Waals surface area (Å²) in [6.07, 6.45) is 1.93. The molecular formula is C8H12FNO. The minimum absolute atomic E-state index is 0.106. The van der Waals surface area contributed by atoms with Crippen LogP contribution in [0.5, 0.6) is 0 Å². The number of carbonyl (C=O) groups excluding carboxylic acids is 1. The zero-order valence-corrected chi connectivity index (χ0v) is 6.35. The van der Waals surface area contributed by atoms with Crippen molar-refractivity contribution in [2.75, 3.05) is 0 Å². The van der Waals surface area contributed by atoms with Crippen LogP contribution in [0.4, 0.5) is 4.39 Å². The number of nitrogens with one attached hydrogen (secondary N) is 1. The molecule has 0 aromatic rings. The normalized spacial score (nSPS) is 43.4. The predicted molar refractivity (Wildman–Crippen MR) is 38.8 cm³/mol. The zero-order chi connectivity index (χ0) is 7.84. The van der Waals surface area contributed by atoms with Crippen molar-refractivity contribution in [2.24, 2.45) is 5.92 Å². The standard InChI is InChI=1S/C8H12FNO/c9-6-1-2-7-5(3-6)4-8(11)10-7/h5-7H,1-4H2,(H,10,11). The first-order chi connectivity index (χ1) is 5.25. The number of carbonyl (C=O) groups is 1. The smallest absolute Gasteiger partial charge is 0.220 e. The maximum absolute atomic E-state index is 12.8. The molecule has 62 valence electrons. The Bertz CT molecular complexity index is 183. The van der Waals surface area contributed by atoms with Gasteiger partial charge in [0, 0.05) is 12.5 Å². The predicted octanol–water partition coefficient (Wildman–Crippen LogP) is 1.01. The van der Waals surface area contributed by atoms with Gasteiger partial charge >= 0.3 is 0 Å². The summed E-state index contributed by atoms with van der Waals surface area (Å²) in [6, 6.07) is 0.287. The molecule has 1 amide bonds. The molecule has 0 radical (unpaired) electrons. The fraction of sp³-hybridized carbons (Fsp3) is 0.875. The Balaban J connectivity index is 2.02. The lowest BCUT2D eigenvalue weighted by atomic mass is 9.84. The molecule has 0 bridgehead atoms. The fourth-order valence-electron chi connectivity index (χ4n) is 2.13. The van der Waals surface area contributed by atoms with Crippen molar-refractivity contribution in [3.63, 3.8) is 0 Å². The topological polar surface area (TPSA) is 29.1 Å². The Kier molecular flexibility index (Phi) is 1.59. The first-order valence-electron chi connectivity index (χ1n) is 4.19. The number of halogens is 1. The van der Waals surface area contributed by atoms with Gasteiger partial charge in [0.15, 0.2) is 0 Å². The molecule has 0 aromatic carbocycles. The summed E-state index contributed by atoms with van der Waals surface area (Å²) in [4.78, 5) is 10.9. The number of alkyl halides is 1. The Labute approximate surface area is 65.2 Å². The molecule has 1 aliphatic carbocycles. The van der Waals surface area contributed by atoms with E-state index in [9.17, 15) is 9.18 Å². The molecule has 2 nitrogen and oxygen atoms in total. The molecule has 2 rings (SSSR count). The maximum atomic E-state index is 12.8. The zero-order valence-electron chi connectivity index (χ0n) is 6.35. The SMILES string of the molecule is O=C1CC2CC(F)CCC2N1. The van der Waals surface area contributed by atoms with Gasteiger partial charge in [0.1, 0.15) is 6.17 Å². The Morgan fingerprint density at radius 2 is 2.27 bits per heavy atom. The highest BCUT2D eigenvalue weighted by Crippen LogP contribution is 2.32. The second-order valence-corrected chi connectivity index (χ2v) is 3.55. The van der Waals surface area contributed by atoms with Gasteiger partial charge in [0.25, 0.3) is 0 Å². The van der Waals surface area contributed by atoms with E-state index in [1.807, 2.05) is 0 Å². The van der Waals surface area contributed by atoms with Gasteiger partial charge in [-0.05, 0) is 25.2 Å². The van der Waals surface area contributed by atoms with Gasteiger partial charge in [-0.2, -0.15) is 0 Å². The minimum Gasteiger partial charge on any atom is -0.353 e. The van der Waals surface area contributed by atoms with Crippen LogP contribution in [0, 0.1) is 5.92 Å². The number of fused-ring (bicyclic) bond motifs is 1. The summed E-state index contributed by atoms with van der Waals surface area (Å²) in [7, 11) is 0. The second kappa shape index (κ2) is 2.47. The van der Waals surface area contributed by atoms with E-state index < -0.39 is 6.17 Å². The van der Waals surface area contributed by atoms with Gasteiger partial charge in [0.05, 0.1) is 0 Å². The van der Waals surface area contributed by atoms with E-state index >= 15 is 0 Å². The summed E-state index contributed by atoms with van der Waals surface area (Å²) in [5.41, 5.74) is 0. The van der Waals surface area contributed by atoms with Crippen molar-refractivity contribution in [2.45, 2.75) is 37.9 Å². The van der Waals surface area contributed by atoms with E-state index in [1.165, 1.54) is 0 Å². The van der Waals surface area contributed by atoms with Crippen LogP contribution in [0.25, 0.3) is 0 Å². The first kappa shape index (κ1) is 7.07. The molecule has 3 heteroatoms. The van der Waals surface area contributed by atoms with Gasteiger partial charge in [-0.1, -0.05) is 0 Å². The van der Waals surface area contributed by atoms with Gasteiger partial charge in [-0.25, -0.2) is 4.39 Å². The minimum atomic E-state index is -0.663. The van der Waals surface area contributed by atoms with Crippen molar-refractivity contribution < 1.29 is 9.18 Å². The van der Waals surface area contributed by atoms with Gasteiger partial charge in [0.2, 0.25) is 5.91 Å². The molecule has 1 aliphatic heterocycles. The molecule has 3 atom stereocenters. The van der Waals surface area contributed by atoms with Crippen molar-refractivity contribution in [1.82, 2.24) is 5.32 Å². The quantitative estimate of drug-likeness (QED) is 0.558. The van der Waals surface area contributed by atoms with E-state index in [0.29, 0.717) is 19.3 Å². The summed E-state index contributed by atoms with van der Waals surface area (Å²) in [5.74, 6) is 0.389. The van der Waals surface area contributed by atoms with Gasteiger partial charge in [-0.3, -0.25) is 4.79 Å². The number of hydrogen-bond acceptors (Lipinski definition) is 1. The van der Waals surface area contributed by atoms with Crippen LogP contribution in [0.3, 0.4) is 0 Å². The number of hydrogen-bond donors (Lipinski definition) is 1. The molecule has 0 aromatic heterocycles. The van der Waals surface area contributed by atoms with Gasteiger partial charge < -0.3 is 5.32 Å². The fourth-order valence-corrected chi connectivity index (χ4v) is 2.13. The third-order valence-electron chi connectivity index (χ3n) is 2.71. The summed E-state index contributed by atoms with van der Waals surface area (Å²) in [5, 5.41) is 2.87. The van der Waals surface area contributed by atoms with Crippen molar-refractivity contribution >= 4 is 5.91 Å². The highest BCUT2D eigenvalue weighted by molar-refractivity contribution is 5.79. The molecule has 1 heterocycles.